The van der Waals surface area contributed by atoms with Gasteiger partial charge in [0.2, 0.25) is 0 Å². The molecular formula is C13H13ClN2O3S. The first kappa shape index (κ1) is 14.6. The molecule has 0 aromatic heterocycles. The highest BCUT2D eigenvalue weighted by atomic mass is 35.5. The molecule has 106 valence electrons. The molecule has 0 radical (unpaired) electrons. The van der Waals surface area contributed by atoms with E-state index >= 15 is 0 Å². The molecule has 1 saturated heterocycles. The molecule has 1 N–H and O–H groups in total. The predicted octanol–water partition coefficient (Wildman–Crippen LogP) is 2.08. The molecule has 0 unspecified atom stereocenters. The van der Waals surface area contributed by atoms with E-state index < -0.39 is 0 Å². The molecule has 0 aliphatic carbocycles. The van der Waals surface area contributed by atoms with Crippen molar-refractivity contribution >= 4 is 40.9 Å². The number of thiocarbonyl (C=S) groups is 1. The van der Waals surface area contributed by atoms with Crippen molar-refractivity contribution in [1.82, 2.24) is 9.80 Å². The Morgan fingerprint density at radius 3 is 2.50 bits per heavy atom. The van der Waals surface area contributed by atoms with Crippen LogP contribution >= 0.6 is 23.8 Å². The molecule has 20 heavy (non-hydrogen) atoms. The molecule has 1 amide bonds. The molecule has 1 aliphatic rings. The minimum absolute atomic E-state index is 0.130. The lowest BCUT2D eigenvalue weighted by molar-refractivity contribution is -0.121. The fraction of sp³-hybridized carbons (Fsp3) is 0.231. The Morgan fingerprint density at radius 1 is 1.35 bits per heavy atom. The van der Waals surface area contributed by atoms with Crippen LogP contribution in [0, 0.1) is 0 Å². The Labute approximate surface area is 127 Å². The third-order valence-electron chi connectivity index (χ3n) is 3.03. The maximum Gasteiger partial charge on any atom is 0.276 e. The van der Waals surface area contributed by atoms with Crippen LogP contribution in [-0.2, 0) is 4.79 Å². The quantitative estimate of drug-likeness (QED) is 0.669. The summed E-state index contributed by atoms with van der Waals surface area (Å²) in [6.07, 6.45) is 1.64. The molecule has 0 atom stereocenters. The molecule has 5 nitrogen and oxygen atoms in total. The number of carbonyl (C=O) groups excluding carboxylic acids is 1. The van der Waals surface area contributed by atoms with Gasteiger partial charge in [-0.25, -0.2) is 0 Å². The Morgan fingerprint density at radius 2 is 2.00 bits per heavy atom. The molecular weight excluding hydrogens is 300 g/mol. The summed E-state index contributed by atoms with van der Waals surface area (Å²) >= 11 is 11.0. The van der Waals surface area contributed by atoms with Crippen LogP contribution < -0.4 is 4.74 Å². The van der Waals surface area contributed by atoms with Crippen molar-refractivity contribution in [1.29, 1.82) is 0 Å². The first-order valence-corrected chi connectivity index (χ1v) is 6.49. The Bertz CT molecular complexity index is 630. The highest BCUT2D eigenvalue weighted by Crippen LogP contribution is 2.36. The largest absolute Gasteiger partial charge is 0.503 e. The second-order valence-electron chi connectivity index (χ2n) is 4.29. The summed E-state index contributed by atoms with van der Waals surface area (Å²) in [6.45, 7) is 0. The van der Waals surface area contributed by atoms with Gasteiger partial charge in [0, 0.05) is 14.1 Å². The third kappa shape index (κ3) is 2.32. The van der Waals surface area contributed by atoms with E-state index in [0.717, 1.165) is 0 Å². The van der Waals surface area contributed by atoms with Crippen LogP contribution in [-0.4, -0.2) is 47.1 Å². The van der Waals surface area contributed by atoms with Crippen LogP contribution in [0.3, 0.4) is 0 Å². The summed E-state index contributed by atoms with van der Waals surface area (Å²) in [5.41, 5.74) is 1.07. The second-order valence-corrected chi connectivity index (χ2v) is 5.06. The molecule has 1 aliphatic heterocycles. The van der Waals surface area contributed by atoms with Crippen molar-refractivity contribution in [2.24, 2.45) is 0 Å². The number of halogens is 1. The van der Waals surface area contributed by atoms with Crippen molar-refractivity contribution < 1.29 is 14.6 Å². The lowest BCUT2D eigenvalue weighted by Crippen LogP contribution is -2.26. The van der Waals surface area contributed by atoms with Crippen LogP contribution in [0.2, 0.25) is 5.02 Å². The van der Waals surface area contributed by atoms with Crippen molar-refractivity contribution in [3.63, 3.8) is 0 Å². The van der Waals surface area contributed by atoms with Gasteiger partial charge < -0.3 is 14.7 Å². The molecule has 1 heterocycles. The van der Waals surface area contributed by atoms with E-state index in [1.165, 1.54) is 12.0 Å². The summed E-state index contributed by atoms with van der Waals surface area (Å²) in [5.74, 6) is -0.0795. The van der Waals surface area contributed by atoms with Crippen molar-refractivity contribution in [3.8, 4) is 11.5 Å². The second kappa shape index (κ2) is 5.30. The van der Waals surface area contributed by atoms with Gasteiger partial charge in [-0.1, -0.05) is 11.6 Å². The fourth-order valence-corrected chi connectivity index (χ4v) is 2.28. The number of hydrogen-bond donors (Lipinski definition) is 1. The molecule has 1 fully saturated rings. The number of benzene rings is 1. The highest BCUT2D eigenvalue weighted by molar-refractivity contribution is 7.80. The first-order valence-electron chi connectivity index (χ1n) is 5.70. The van der Waals surface area contributed by atoms with Gasteiger partial charge in [0.15, 0.2) is 16.6 Å². The summed E-state index contributed by atoms with van der Waals surface area (Å²) in [6, 6.07) is 3.14. The number of rotatable bonds is 2. The number of phenols is 1. The normalized spacial score (nSPS) is 17.3. The van der Waals surface area contributed by atoms with Crippen LogP contribution in [0.15, 0.2) is 17.8 Å². The number of aromatic hydroxyl groups is 1. The van der Waals surface area contributed by atoms with Gasteiger partial charge in [-0.3, -0.25) is 9.69 Å². The van der Waals surface area contributed by atoms with E-state index in [9.17, 15) is 9.90 Å². The standard InChI is InChI=1S/C13H13ClN2O3S/c1-15-9(12(18)16(2)13(15)20)5-7-4-8(14)11(17)10(6-7)19-3/h4-6,17H,1-3H3/b9-5+. The summed E-state index contributed by atoms with van der Waals surface area (Å²) in [7, 11) is 4.76. The highest BCUT2D eigenvalue weighted by Gasteiger charge is 2.32. The SMILES string of the molecule is COc1cc(/C=C2\C(=O)N(C)C(=S)N2C)cc(Cl)c1O. The zero-order chi connectivity index (χ0) is 15.0. The Hall–Kier alpha value is -1.79. The minimum atomic E-state index is -0.194. The maximum absolute atomic E-state index is 12.1. The zero-order valence-corrected chi connectivity index (χ0v) is 12.7. The molecule has 0 saturated carbocycles. The molecule has 2 rings (SSSR count). The molecule has 1 aromatic carbocycles. The van der Waals surface area contributed by atoms with Gasteiger partial charge in [-0.2, -0.15) is 0 Å². The van der Waals surface area contributed by atoms with E-state index in [-0.39, 0.29) is 22.4 Å². The maximum atomic E-state index is 12.1. The predicted molar refractivity (Wildman–Crippen MR) is 80.8 cm³/mol. The molecule has 0 spiro atoms. The molecule has 0 bridgehead atoms. The average Bonchev–Trinajstić information content (AvgIpc) is 2.60. The van der Waals surface area contributed by atoms with Crippen LogP contribution in [0.1, 0.15) is 5.56 Å². The molecule has 1 aromatic rings. The molecule has 7 heteroatoms. The van der Waals surface area contributed by atoms with Gasteiger partial charge >= 0.3 is 0 Å². The lowest BCUT2D eigenvalue weighted by Gasteiger charge is -2.11. The average molecular weight is 313 g/mol. The number of nitrogens with zero attached hydrogens (tertiary/aromatic N) is 2. The first-order chi connectivity index (χ1) is 9.36. The van der Waals surface area contributed by atoms with Crippen molar-refractivity contribution in [2.45, 2.75) is 0 Å². The van der Waals surface area contributed by atoms with Crippen LogP contribution in [0.5, 0.6) is 11.5 Å². The monoisotopic (exact) mass is 312 g/mol. The number of amides is 1. The Kier molecular flexibility index (Phi) is 3.87. The minimum Gasteiger partial charge on any atom is -0.503 e. The summed E-state index contributed by atoms with van der Waals surface area (Å²) in [4.78, 5) is 15.1. The topological polar surface area (TPSA) is 53.0 Å². The van der Waals surface area contributed by atoms with Gasteiger partial charge in [-0.05, 0) is 36.0 Å². The lowest BCUT2D eigenvalue weighted by atomic mass is 10.1. The number of hydrogen-bond acceptors (Lipinski definition) is 4. The smallest absolute Gasteiger partial charge is 0.276 e. The van der Waals surface area contributed by atoms with E-state index in [1.807, 2.05) is 0 Å². The van der Waals surface area contributed by atoms with Crippen LogP contribution in [0.4, 0.5) is 0 Å². The van der Waals surface area contributed by atoms with E-state index in [2.05, 4.69) is 0 Å². The number of ether oxygens (including phenoxy) is 1. The van der Waals surface area contributed by atoms with Gasteiger partial charge in [0.1, 0.15) is 5.70 Å². The third-order valence-corrected chi connectivity index (χ3v) is 3.87. The summed E-state index contributed by atoms with van der Waals surface area (Å²) in [5, 5.41) is 10.3. The number of carbonyl (C=O) groups is 1. The number of likely N-dealkylation sites (N-methyl/N-ethyl adjacent to an activating group) is 2. The van der Waals surface area contributed by atoms with Gasteiger partial charge in [0.05, 0.1) is 12.1 Å². The van der Waals surface area contributed by atoms with Crippen LogP contribution in [0.25, 0.3) is 6.08 Å². The fourth-order valence-electron chi connectivity index (χ4n) is 1.88. The van der Waals surface area contributed by atoms with Crippen molar-refractivity contribution in [2.75, 3.05) is 21.2 Å². The van der Waals surface area contributed by atoms with Crippen molar-refractivity contribution in [3.05, 3.63) is 28.4 Å². The van der Waals surface area contributed by atoms with Gasteiger partial charge in [0.25, 0.3) is 5.91 Å². The zero-order valence-electron chi connectivity index (χ0n) is 11.2. The van der Waals surface area contributed by atoms with Gasteiger partial charge in [-0.15, -0.1) is 0 Å². The number of phenolic OH excluding ortho intramolecular Hbond substituents is 1. The van der Waals surface area contributed by atoms with E-state index in [1.54, 1.807) is 37.2 Å². The number of methoxy groups -OCH3 is 1. The Balaban J connectivity index is 2.48. The van der Waals surface area contributed by atoms with E-state index in [4.69, 9.17) is 28.6 Å². The summed E-state index contributed by atoms with van der Waals surface area (Å²) < 4.78 is 5.03. The van der Waals surface area contributed by atoms with E-state index in [0.29, 0.717) is 16.4 Å².